The van der Waals surface area contributed by atoms with Crippen LogP contribution < -0.4 is 0 Å². The lowest BCUT2D eigenvalue weighted by atomic mass is 9.94. The van der Waals surface area contributed by atoms with Crippen LogP contribution in [0.2, 0.25) is 0 Å². The second-order valence-electron chi connectivity index (χ2n) is 6.58. The van der Waals surface area contributed by atoms with Crippen molar-refractivity contribution in [1.82, 2.24) is 9.97 Å². The summed E-state index contributed by atoms with van der Waals surface area (Å²) in [5.41, 5.74) is 2.41. The van der Waals surface area contributed by atoms with Gasteiger partial charge in [-0.05, 0) is 26.7 Å². The zero-order valence-electron chi connectivity index (χ0n) is 14.8. The van der Waals surface area contributed by atoms with E-state index in [2.05, 4.69) is 32.7 Å². The van der Waals surface area contributed by atoms with Crippen LogP contribution in [0.25, 0.3) is 0 Å². The first-order valence-corrected chi connectivity index (χ1v) is 9.22. The number of aromatic nitrogens is 2. The Kier molecular flexibility index (Phi) is 9.45. The zero-order valence-corrected chi connectivity index (χ0v) is 14.8. The van der Waals surface area contributed by atoms with Crippen molar-refractivity contribution < 1.29 is 0 Å². The normalized spacial score (nSPS) is 12.8. The molecule has 0 spiro atoms. The predicted molar refractivity (Wildman–Crippen MR) is 92.9 cm³/mol. The second-order valence-corrected chi connectivity index (χ2v) is 6.58. The molecule has 2 heteroatoms. The maximum absolute atomic E-state index is 4.75. The molecule has 0 aliphatic rings. The van der Waals surface area contributed by atoms with Gasteiger partial charge < -0.3 is 4.98 Å². The molecular weight excluding hydrogens is 256 g/mol. The van der Waals surface area contributed by atoms with Crippen molar-refractivity contribution in [2.75, 3.05) is 0 Å². The van der Waals surface area contributed by atoms with Crippen molar-refractivity contribution in [2.24, 2.45) is 0 Å². The molecule has 1 rings (SSSR count). The van der Waals surface area contributed by atoms with Crippen LogP contribution in [0.5, 0.6) is 0 Å². The number of hydrogen-bond acceptors (Lipinski definition) is 1. The number of imidazole rings is 1. The molecule has 0 fully saturated rings. The molecule has 1 heterocycles. The minimum atomic E-state index is 0.646. The Hall–Kier alpha value is -0.790. The summed E-state index contributed by atoms with van der Waals surface area (Å²) in [7, 11) is 0. The van der Waals surface area contributed by atoms with E-state index in [0.29, 0.717) is 5.92 Å². The van der Waals surface area contributed by atoms with Crippen LogP contribution in [0.1, 0.15) is 108 Å². The summed E-state index contributed by atoms with van der Waals surface area (Å²) >= 11 is 0. The molecule has 1 atom stereocenters. The smallest absolute Gasteiger partial charge is 0.109 e. The van der Waals surface area contributed by atoms with Gasteiger partial charge in [0.15, 0.2) is 0 Å². The third kappa shape index (κ3) is 7.15. The third-order valence-corrected chi connectivity index (χ3v) is 4.60. The number of aryl methyl sites for hydroxylation is 2. The lowest BCUT2D eigenvalue weighted by molar-refractivity contribution is 0.485. The quantitative estimate of drug-likeness (QED) is 0.441. The van der Waals surface area contributed by atoms with Crippen molar-refractivity contribution in [2.45, 2.75) is 104 Å². The van der Waals surface area contributed by atoms with Crippen LogP contribution in [-0.4, -0.2) is 9.97 Å². The zero-order chi connectivity index (χ0) is 15.5. The molecule has 0 aliphatic carbocycles. The first-order valence-electron chi connectivity index (χ1n) is 9.22. The van der Waals surface area contributed by atoms with E-state index in [4.69, 9.17) is 4.98 Å². The van der Waals surface area contributed by atoms with Crippen LogP contribution in [0, 0.1) is 13.8 Å². The van der Waals surface area contributed by atoms with E-state index in [1.165, 1.54) is 87.8 Å². The van der Waals surface area contributed by atoms with Gasteiger partial charge in [-0.25, -0.2) is 4.98 Å². The highest BCUT2D eigenvalue weighted by Crippen LogP contribution is 2.27. The van der Waals surface area contributed by atoms with Gasteiger partial charge in [0.1, 0.15) is 5.82 Å². The Morgan fingerprint density at radius 2 is 1.38 bits per heavy atom. The van der Waals surface area contributed by atoms with Gasteiger partial charge >= 0.3 is 0 Å². The van der Waals surface area contributed by atoms with Crippen molar-refractivity contribution in [1.29, 1.82) is 0 Å². The summed E-state index contributed by atoms with van der Waals surface area (Å²) in [6, 6.07) is 0. The van der Waals surface area contributed by atoms with Crippen molar-refractivity contribution in [3.8, 4) is 0 Å². The highest BCUT2D eigenvalue weighted by atomic mass is 14.9. The van der Waals surface area contributed by atoms with E-state index < -0.39 is 0 Å². The van der Waals surface area contributed by atoms with Gasteiger partial charge in [-0.2, -0.15) is 0 Å². The van der Waals surface area contributed by atoms with E-state index in [1.807, 2.05) is 0 Å². The molecule has 0 aliphatic heterocycles. The Labute approximate surface area is 132 Å². The maximum atomic E-state index is 4.75. The molecule has 0 aromatic carbocycles. The number of unbranched alkanes of at least 4 members (excludes halogenated alkanes) is 7. The SMILES string of the molecule is CCCCCCCCCC(CCCC)c1nc(C)c(C)[nH]1. The van der Waals surface area contributed by atoms with E-state index in [0.717, 1.165) is 0 Å². The van der Waals surface area contributed by atoms with E-state index in [1.54, 1.807) is 0 Å². The third-order valence-electron chi connectivity index (χ3n) is 4.60. The molecule has 0 saturated carbocycles. The minimum Gasteiger partial charge on any atom is -0.346 e. The van der Waals surface area contributed by atoms with Gasteiger partial charge in [0.25, 0.3) is 0 Å². The van der Waals surface area contributed by atoms with Gasteiger partial charge in [0, 0.05) is 11.6 Å². The summed E-state index contributed by atoms with van der Waals surface area (Å²) < 4.78 is 0. The van der Waals surface area contributed by atoms with Crippen LogP contribution in [0.4, 0.5) is 0 Å². The average molecular weight is 293 g/mol. The second kappa shape index (κ2) is 10.9. The monoisotopic (exact) mass is 292 g/mol. The van der Waals surface area contributed by atoms with Gasteiger partial charge in [-0.1, -0.05) is 71.6 Å². The Bertz CT molecular complexity index is 348. The van der Waals surface area contributed by atoms with Gasteiger partial charge in [-0.15, -0.1) is 0 Å². The molecule has 0 bridgehead atoms. The average Bonchev–Trinajstić information content (AvgIpc) is 2.80. The summed E-state index contributed by atoms with van der Waals surface area (Å²) in [5.74, 6) is 1.89. The molecule has 122 valence electrons. The van der Waals surface area contributed by atoms with Crippen LogP contribution >= 0.6 is 0 Å². The molecule has 1 N–H and O–H groups in total. The number of hydrogen-bond donors (Lipinski definition) is 1. The fourth-order valence-corrected chi connectivity index (χ4v) is 2.98. The molecule has 1 unspecified atom stereocenters. The van der Waals surface area contributed by atoms with Crippen molar-refractivity contribution in [3.05, 3.63) is 17.2 Å². The van der Waals surface area contributed by atoms with Crippen LogP contribution in [-0.2, 0) is 0 Å². The highest BCUT2D eigenvalue weighted by Gasteiger charge is 2.15. The van der Waals surface area contributed by atoms with Crippen molar-refractivity contribution in [3.63, 3.8) is 0 Å². The largest absolute Gasteiger partial charge is 0.346 e. The van der Waals surface area contributed by atoms with E-state index in [-0.39, 0.29) is 0 Å². The van der Waals surface area contributed by atoms with Gasteiger partial charge in [0.2, 0.25) is 0 Å². The molecule has 1 aromatic heterocycles. The molecule has 0 amide bonds. The Morgan fingerprint density at radius 3 is 1.95 bits per heavy atom. The Morgan fingerprint density at radius 1 is 0.810 bits per heavy atom. The summed E-state index contributed by atoms with van der Waals surface area (Å²) in [4.78, 5) is 8.26. The highest BCUT2D eigenvalue weighted by molar-refractivity contribution is 5.13. The van der Waals surface area contributed by atoms with E-state index >= 15 is 0 Å². The number of H-pyrrole nitrogens is 1. The number of nitrogens with one attached hydrogen (secondary N) is 1. The number of rotatable bonds is 12. The minimum absolute atomic E-state index is 0.646. The standard InChI is InChI=1S/C19H36N2/c1-5-7-9-10-11-12-13-15-18(14-8-6-2)19-20-16(3)17(4)21-19/h18H,5-15H2,1-4H3,(H,20,21). The summed E-state index contributed by atoms with van der Waals surface area (Å²) in [6.07, 6.45) is 15.0. The lowest BCUT2D eigenvalue weighted by Gasteiger charge is -2.14. The predicted octanol–water partition coefficient (Wildman–Crippen LogP) is 6.44. The number of nitrogens with zero attached hydrogens (tertiary/aromatic N) is 1. The first-order chi connectivity index (χ1) is 10.2. The fourth-order valence-electron chi connectivity index (χ4n) is 2.98. The molecule has 0 saturated heterocycles. The molecular formula is C19H36N2. The van der Waals surface area contributed by atoms with Crippen LogP contribution in [0.3, 0.4) is 0 Å². The molecule has 2 nitrogen and oxygen atoms in total. The molecule has 1 aromatic rings. The van der Waals surface area contributed by atoms with E-state index in [9.17, 15) is 0 Å². The van der Waals surface area contributed by atoms with Crippen LogP contribution in [0.15, 0.2) is 0 Å². The topological polar surface area (TPSA) is 28.7 Å². The fraction of sp³-hybridized carbons (Fsp3) is 0.842. The Balaban J connectivity index is 2.33. The number of aromatic amines is 1. The molecule has 21 heavy (non-hydrogen) atoms. The lowest BCUT2D eigenvalue weighted by Crippen LogP contribution is -2.02. The summed E-state index contributed by atoms with van der Waals surface area (Å²) in [5, 5.41) is 0. The first kappa shape index (κ1) is 18.3. The molecule has 0 radical (unpaired) electrons. The maximum Gasteiger partial charge on any atom is 0.109 e. The summed E-state index contributed by atoms with van der Waals surface area (Å²) in [6.45, 7) is 8.81. The van der Waals surface area contributed by atoms with Gasteiger partial charge in [-0.3, -0.25) is 0 Å². The van der Waals surface area contributed by atoms with Gasteiger partial charge in [0.05, 0.1) is 5.69 Å². The van der Waals surface area contributed by atoms with Crippen molar-refractivity contribution >= 4 is 0 Å².